The minimum Gasteiger partial charge on any atom is -0.383 e. The Bertz CT molecular complexity index is 1290. The molecule has 2 heterocycles. The fourth-order valence-electron chi connectivity index (χ4n) is 2.77. The van der Waals surface area contributed by atoms with E-state index in [1.807, 2.05) is 0 Å². The third-order valence-corrected chi connectivity index (χ3v) is 5.40. The van der Waals surface area contributed by atoms with E-state index in [0.717, 1.165) is 6.07 Å². The van der Waals surface area contributed by atoms with E-state index in [0.29, 0.717) is 32.8 Å². The fourth-order valence-corrected chi connectivity index (χ4v) is 3.84. The van der Waals surface area contributed by atoms with Crippen LogP contribution in [0.4, 0.5) is 32.1 Å². The van der Waals surface area contributed by atoms with E-state index >= 15 is 0 Å². The van der Waals surface area contributed by atoms with E-state index in [4.69, 9.17) is 17.3 Å². The summed E-state index contributed by atoms with van der Waals surface area (Å²) >= 11 is 7.00. The molecule has 0 spiro atoms. The molecule has 2 aromatic carbocycles. The average Bonchev–Trinajstić information content (AvgIpc) is 3.18. The number of nitrogens with one attached hydrogen (secondary N) is 3. The van der Waals surface area contributed by atoms with Gasteiger partial charge in [0.25, 0.3) is 5.91 Å². The van der Waals surface area contributed by atoms with Crippen LogP contribution in [-0.4, -0.2) is 21.9 Å². The van der Waals surface area contributed by atoms with Crippen LogP contribution in [0.1, 0.15) is 10.4 Å². The highest BCUT2D eigenvalue weighted by Crippen LogP contribution is 2.28. The van der Waals surface area contributed by atoms with Gasteiger partial charge in [0.15, 0.2) is 0 Å². The van der Waals surface area contributed by atoms with Gasteiger partial charge < -0.3 is 21.7 Å². The highest BCUT2D eigenvalue weighted by Gasteiger charge is 2.16. The van der Waals surface area contributed by atoms with E-state index in [1.54, 1.807) is 29.6 Å². The van der Waals surface area contributed by atoms with E-state index < -0.39 is 11.8 Å². The number of benzene rings is 2. The molecular formula is C20H14ClFN6O2S. The number of carbonyl (C=O) groups excluding carboxylic acids is 2. The maximum Gasteiger partial charge on any atom is 0.323 e. The third-order valence-electron chi connectivity index (χ3n) is 4.22. The van der Waals surface area contributed by atoms with Gasteiger partial charge in [-0.3, -0.25) is 4.79 Å². The van der Waals surface area contributed by atoms with Crippen LogP contribution in [-0.2, 0) is 0 Å². The predicted octanol–water partition coefficient (Wildman–Crippen LogP) is 4.96. The maximum atomic E-state index is 13.2. The average molecular weight is 457 g/mol. The number of aromatic nitrogens is 2. The van der Waals surface area contributed by atoms with Crippen LogP contribution >= 0.6 is 22.9 Å². The lowest BCUT2D eigenvalue weighted by Crippen LogP contribution is -2.19. The van der Waals surface area contributed by atoms with Gasteiger partial charge >= 0.3 is 6.03 Å². The molecule has 5 N–H and O–H groups in total. The van der Waals surface area contributed by atoms with E-state index in [9.17, 15) is 14.0 Å². The molecule has 0 saturated heterocycles. The number of rotatable bonds is 4. The summed E-state index contributed by atoms with van der Waals surface area (Å²) in [6, 6.07) is 9.84. The van der Waals surface area contributed by atoms with Gasteiger partial charge in [-0.2, -0.15) is 0 Å². The second-order valence-corrected chi connectivity index (χ2v) is 7.59. The number of nitrogens with two attached hydrogens (primary N) is 1. The number of urea groups is 1. The molecule has 4 aromatic rings. The van der Waals surface area contributed by atoms with Gasteiger partial charge in [-0.1, -0.05) is 11.6 Å². The monoisotopic (exact) mass is 456 g/mol. The molecule has 2 aromatic heterocycles. The van der Waals surface area contributed by atoms with Gasteiger partial charge in [-0.25, -0.2) is 19.2 Å². The molecule has 3 amide bonds. The van der Waals surface area contributed by atoms with Crippen molar-refractivity contribution in [1.82, 2.24) is 9.97 Å². The minimum atomic E-state index is -0.573. The summed E-state index contributed by atoms with van der Waals surface area (Å²) in [5.41, 5.74) is 7.62. The molecule has 8 nitrogen and oxygen atoms in total. The van der Waals surface area contributed by atoms with Gasteiger partial charge in [-0.05, 0) is 42.5 Å². The first kappa shape index (κ1) is 20.5. The number of fused-ring (bicyclic) bond motifs is 1. The van der Waals surface area contributed by atoms with Crippen LogP contribution in [0.2, 0.25) is 5.02 Å². The Labute approximate surface area is 184 Å². The number of nitrogen functional groups attached to an aromatic ring is 1. The molecule has 0 aliphatic carbocycles. The predicted molar refractivity (Wildman–Crippen MR) is 120 cm³/mol. The highest BCUT2D eigenvalue weighted by molar-refractivity contribution is 7.17. The smallest absolute Gasteiger partial charge is 0.323 e. The topological polar surface area (TPSA) is 122 Å². The molecule has 31 heavy (non-hydrogen) atoms. The van der Waals surface area contributed by atoms with Crippen molar-refractivity contribution in [1.29, 1.82) is 0 Å². The van der Waals surface area contributed by atoms with Crippen LogP contribution < -0.4 is 21.7 Å². The molecule has 0 unspecified atom stereocenters. The Morgan fingerprint density at radius 3 is 2.32 bits per heavy atom. The first-order valence-corrected chi connectivity index (χ1v) is 10.1. The summed E-state index contributed by atoms with van der Waals surface area (Å²) in [6.07, 6.45) is 1.35. The summed E-state index contributed by atoms with van der Waals surface area (Å²) in [5.74, 6) is -0.681. The second-order valence-electron chi connectivity index (χ2n) is 6.33. The quantitative estimate of drug-likeness (QED) is 0.345. The first-order chi connectivity index (χ1) is 14.9. The van der Waals surface area contributed by atoms with Crippen molar-refractivity contribution < 1.29 is 14.0 Å². The number of halogens is 2. The summed E-state index contributed by atoms with van der Waals surface area (Å²) in [5, 5.41) is 10.1. The molecule has 4 rings (SSSR count). The number of hydrogen-bond acceptors (Lipinski definition) is 6. The Kier molecular flexibility index (Phi) is 5.65. The van der Waals surface area contributed by atoms with Crippen molar-refractivity contribution >= 4 is 68.0 Å². The Morgan fingerprint density at radius 2 is 1.61 bits per heavy atom. The van der Waals surface area contributed by atoms with Crippen molar-refractivity contribution in [3.63, 3.8) is 0 Å². The van der Waals surface area contributed by atoms with Crippen molar-refractivity contribution in [3.8, 4) is 0 Å². The maximum absolute atomic E-state index is 13.2. The number of amides is 3. The Morgan fingerprint density at radius 1 is 0.968 bits per heavy atom. The SMILES string of the molecule is Nc1ncnc2scc(C(=O)Nc3ccc(NC(=O)Nc4ccc(F)c(Cl)c4)cc3)c12. The third kappa shape index (κ3) is 4.55. The lowest BCUT2D eigenvalue weighted by molar-refractivity contribution is 0.102. The lowest BCUT2D eigenvalue weighted by Gasteiger charge is -2.09. The zero-order valence-corrected chi connectivity index (χ0v) is 17.2. The van der Waals surface area contributed by atoms with E-state index in [1.165, 1.54) is 29.8 Å². The summed E-state index contributed by atoms with van der Waals surface area (Å²) in [6.45, 7) is 0. The summed E-state index contributed by atoms with van der Waals surface area (Å²) in [4.78, 5) is 33.4. The number of carbonyl (C=O) groups is 2. The zero-order valence-electron chi connectivity index (χ0n) is 15.6. The number of hydrogen-bond donors (Lipinski definition) is 4. The molecule has 0 aliphatic heterocycles. The van der Waals surface area contributed by atoms with Crippen molar-refractivity contribution in [3.05, 3.63) is 70.6 Å². The molecular weight excluding hydrogens is 443 g/mol. The molecule has 156 valence electrons. The van der Waals surface area contributed by atoms with Gasteiger partial charge in [0.2, 0.25) is 0 Å². The second kappa shape index (κ2) is 8.54. The molecule has 0 fully saturated rings. The molecule has 0 radical (unpaired) electrons. The fraction of sp³-hybridized carbons (Fsp3) is 0. The number of anilines is 4. The van der Waals surface area contributed by atoms with Crippen LogP contribution in [0.5, 0.6) is 0 Å². The van der Waals surface area contributed by atoms with E-state index in [2.05, 4.69) is 25.9 Å². The minimum absolute atomic E-state index is 0.0929. The Balaban J connectivity index is 1.40. The summed E-state index contributed by atoms with van der Waals surface area (Å²) in [7, 11) is 0. The Hall–Kier alpha value is -3.76. The highest BCUT2D eigenvalue weighted by atomic mass is 35.5. The molecule has 0 aliphatic rings. The molecule has 11 heteroatoms. The lowest BCUT2D eigenvalue weighted by atomic mass is 10.2. The van der Waals surface area contributed by atoms with Crippen LogP contribution in [0.3, 0.4) is 0 Å². The molecule has 0 bridgehead atoms. The van der Waals surface area contributed by atoms with Crippen LogP contribution in [0.15, 0.2) is 54.2 Å². The van der Waals surface area contributed by atoms with Crippen LogP contribution in [0.25, 0.3) is 10.2 Å². The van der Waals surface area contributed by atoms with E-state index in [-0.39, 0.29) is 16.7 Å². The van der Waals surface area contributed by atoms with Crippen molar-refractivity contribution in [2.45, 2.75) is 0 Å². The normalized spacial score (nSPS) is 10.6. The van der Waals surface area contributed by atoms with Gasteiger partial charge in [0, 0.05) is 22.4 Å². The largest absolute Gasteiger partial charge is 0.383 e. The summed E-state index contributed by atoms with van der Waals surface area (Å²) < 4.78 is 13.2. The van der Waals surface area contributed by atoms with Gasteiger partial charge in [0.05, 0.1) is 16.0 Å². The molecule has 0 saturated carbocycles. The van der Waals surface area contributed by atoms with Crippen LogP contribution in [0, 0.1) is 5.82 Å². The van der Waals surface area contributed by atoms with Crippen molar-refractivity contribution in [2.24, 2.45) is 0 Å². The molecule has 0 atom stereocenters. The number of nitrogens with zero attached hydrogens (tertiary/aromatic N) is 2. The zero-order chi connectivity index (χ0) is 22.0. The standard InChI is InChI=1S/C20H14ClFN6O2S/c21-14-7-12(5-6-15(14)22)28-20(30)27-11-3-1-10(2-4-11)26-18(29)13-8-31-19-16(13)17(23)24-9-25-19/h1-9H,(H,26,29)(H2,23,24,25)(H2,27,28,30). The van der Waals surface area contributed by atoms with Crippen molar-refractivity contribution in [2.75, 3.05) is 21.7 Å². The number of thiophene rings is 1. The first-order valence-electron chi connectivity index (χ1n) is 8.83. The van der Waals surface area contributed by atoms with Gasteiger partial charge in [0.1, 0.15) is 22.8 Å². The van der Waals surface area contributed by atoms with Gasteiger partial charge in [-0.15, -0.1) is 11.3 Å².